The summed E-state index contributed by atoms with van der Waals surface area (Å²) in [7, 11) is -3.53. The maximum atomic E-state index is 12.4. The third-order valence-corrected chi connectivity index (χ3v) is 5.84. The molecule has 4 N–H and O–H groups in total. The minimum atomic E-state index is -3.53. The first-order valence-corrected chi connectivity index (χ1v) is 8.57. The summed E-state index contributed by atoms with van der Waals surface area (Å²) in [6.07, 6.45) is 5.59. The molecule has 0 spiro atoms. The Morgan fingerprint density at radius 2 is 1.90 bits per heavy atom. The second-order valence-corrected chi connectivity index (χ2v) is 7.26. The van der Waals surface area contributed by atoms with Crippen LogP contribution in [-0.4, -0.2) is 15.0 Å². The summed E-state index contributed by atoms with van der Waals surface area (Å²) in [4.78, 5) is 0.201. The molecule has 0 radical (unpaired) electrons. The highest BCUT2D eigenvalue weighted by Crippen LogP contribution is 2.40. The van der Waals surface area contributed by atoms with Crippen LogP contribution < -0.4 is 16.0 Å². The average Bonchev–Trinajstić information content (AvgIpc) is 2.95. The molecule has 0 heterocycles. The maximum absolute atomic E-state index is 12.4. The Morgan fingerprint density at radius 1 is 1.25 bits per heavy atom. The summed E-state index contributed by atoms with van der Waals surface area (Å²) in [6.45, 7) is 2.64. The second-order valence-electron chi connectivity index (χ2n) is 5.53. The number of nitrogen functional groups attached to an aromatic ring is 1. The average molecular weight is 297 g/mol. The molecule has 1 aliphatic rings. The summed E-state index contributed by atoms with van der Waals surface area (Å²) in [5.41, 5.74) is 2.97. The molecule has 0 aromatic heterocycles. The summed E-state index contributed by atoms with van der Waals surface area (Å²) >= 11 is 0. The fraction of sp³-hybridized carbons (Fsp3) is 0.571. The third kappa shape index (κ3) is 3.13. The van der Waals surface area contributed by atoms with Crippen molar-refractivity contribution in [1.82, 2.24) is 4.72 Å². The molecule has 0 atom stereocenters. The Labute approximate surface area is 121 Å². The van der Waals surface area contributed by atoms with Crippen LogP contribution in [0, 0.1) is 5.41 Å². The van der Waals surface area contributed by atoms with Gasteiger partial charge in [-0.25, -0.2) is 13.1 Å². The molecule has 0 bridgehead atoms. The Morgan fingerprint density at radius 3 is 2.50 bits per heavy atom. The molecule has 20 heavy (non-hydrogen) atoms. The number of anilines is 1. The maximum Gasteiger partial charge on any atom is 0.242 e. The smallest absolute Gasteiger partial charge is 0.242 e. The van der Waals surface area contributed by atoms with Gasteiger partial charge in [0.05, 0.1) is 5.69 Å². The van der Waals surface area contributed by atoms with E-state index in [0.717, 1.165) is 19.3 Å². The highest BCUT2D eigenvalue weighted by molar-refractivity contribution is 7.89. The first kappa shape index (κ1) is 15.3. The minimum Gasteiger partial charge on any atom is -0.323 e. The summed E-state index contributed by atoms with van der Waals surface area (Å²) in [6, 6.07) is 6.66. The van der Waals surface area contributed by atoms with Crippen molar-refractivity contribution in [2.75, 3.05) is 12.0 Å². The van der Waals surface area contributed by atoms with E-state index in [2.05, 4.69) is 17.1 Å². The van der Waals surface area contributed by atoms with Gasteiger partial charge in [0.15, 0.2) is 0 Å². The van der Waals surface area contributed by atoms with E-state index in [1.165, 1.54) is 12.8 Å². The molecule has 0 amide bonds. The zero-order valence-electron chi connectivity index (χ0n) is 11.9. The Hall–Kier alpha value is -1.11. The fourth-order valence-electron chi connectivity index (χ4n) is 2.93. The molecular formula is C14H23N3O2S. The van der Waals surface area contributed by atoms with Crippen molar-refractivity contribution in [3.05, 3.63) is 24.3 Å². The van der Waals surface area contributed by atoms with E-state index in [9.17, 15) is 8.42 Å². The number of rotatable bonds is 6. The highest BCUT2D eigenvalue weighted by Gasteiger charge is 2.33. The molecule has 1 aromatic rings. The lowest BCUT2D eigenvalue weighted by molar-refractivity contribution is 0.285. The predicted molar refractivity (Wildman–Crippen MR) is 80.6 cm³/mol. The molecular weight excluding hydrogens is 274 g/mol. The highest BCUT2D eigenvalue weighted by atomic mass is 32.2. The standard InChI is InChI=1S/C14H23N3O2S/c1-2-14(9-5-6-10-14)11-16-20(18,19)13-8-4-3-7-12(13)17-15/h3-4,7-8,16-17H,2,5-6,9-11,15H2,1H3. The Bertz CT molecular complexity index is 551. The van der Waals surface area contributed by atoms with Crippen LogP contribution in [0.3, 0.4) is 0 Å². The molecule has 112 valence electrons. The molecule has 0 aliphatic heterocycles. The first-order valence-electron chi connectivity index (χ1n) is 7.08. The number of hydrogen-bond donors (Lipinski definition) is 3. The van der Waals surface area contributed by atoms with Crippen LogP contribution >= 0.6 is 0 Å². The lowest BCUT2D eigenvalue weighted by Crippen LogP contribution is -2.36. The van der Waals surface area contributed by atoms with E-state index in [0.29, 0.717) is 12.2 Å². The van der Waals surface area contributed by atoms with Gasteiger partial charge in [-0.2, -0.15) is 0 Å². The van der Waals surface area contributed by atoms with Crippen molar-refractivity contribution in [3.63, 3.8) is 0 Å². The van der Waals surface area contributed by atoms with Crippen molar-refractivity contribution in [2.24, 2.45) is 11.3 Å². The summed E-state index contributed by atoms with van der Waals surface area (Å²) in [5.74, 6) is 5.38. The largest absolute Gasteiger partial charge is 0.323 e. The number of benzene rings is 1. The second kappa shape index (κ2) is 6.11. The van der Waals surface area contributed by atoms with E-state index < -0.39 is 10.0 Å². The van der Waals surface area contributed by atoms with Crippen LogP contribution in [0.2, 0.25) is 0 Å². The number of nitrogens with one attached hydrogen (secondary N) is 2. The van der Waals surface area contributed by atoms with E-state index in [1.807, 2.05) is 0 Å². The van der Waals surface area contributed by atoms with Crippen molar-refractivity contribution < 1.29 is 8.42 Å². The van der Waals surface area contributed by atoms with Gasteiger partial charge in [-0.1, -0.05) is 31.9 Å². The van der Waals surface area contributed by atoms with E-state index in [-0.39, 0.29) is 10.3 Å². The lowest BCUT2D eigenvalue weighted by Gasteiger charge is -2.27. The topological polar surface area (TPSA) is 84.2 Å². The van der Waals surface area contributed by atoms with Crippen LogP contribution in [0.5, 0.6) is 0 Å². The van der Waals surface area contributed by atoms with Crippen molar-refractivity contribution in [1.29, 1.82) is 0 Å². The van der Waals surface area contributed by atoms with Gasteiger partial charge in [0, 0.05) is 6.54 Å². The molecule has 6 heteroatoms. The molecule has 0 unspecified atom stereocenters. The Balaban J connectivity index is 2.15. The number of sulfonamides is 1. The molecule has 5 nitrogen and oxygen atoms in total. The number of nitrogens with two attached hydrogens (primary N) is 1. The molecule has 1 aromatic carbocycles. The molecule has 2 rings (SSSR count). The van der Waals surface area contributed by atoms with Crippen LogP contribution in [0.1, 0.15) is 39.0 Å². The van der Waals surface area contributed by atoms with Gasteiger partial charge >= 0.3 is 0 Å². The van der Waals surface area contributed by atoms with Crippen LogP contribution in [0.4, 0.5) is 5.69 Å². The van der Waals surface area contributed by atoms with E-state index in [1.54, 1.807) is 24.3 Å². The summed E-state index contributed by atoms with van der Waals surface area (Å²) < 4.78 is 27.6. The molecule has 1 fully saturated rings. The number of hydrogen-bond acceptors (Lipinski definition) is 4. The van der Waals surface area contributed by atoms with Crippen LogP contribution in [-0.2, 0) is 10.0 Å². The first-order chi connectivity index (χ1) is 9.53. The van der Waals surface area contributed by atoms with Gasteiger partial charge < -0.3 is 5.43 Å². The zero-order valence-corrected chi connectivity index (χ0v) is 12.7. The number of hydrazine groups is 1. The van der Waals surface area contributed by atoms with Crippen LogP contribution in [0.15, 0.2) is 29.2 Å². The zero-order chi connectivity index (χ0) is 14.6. The van der Waals surface area contributed by atoms with Crippen molar-refractivity contribution >= 4 is 15.7 Å². The quantitative estimate of drug-likeness (QED) is 0.555. The minimum absolute atomic E-state index is 0.123. The lowest BCUT2D eigenvalue weighted by atomic mass is 9.84. The number of para-hydroxylation sites is 1. The normalized spacial score (nSPS) is 18.1. The summed E-state index contributed by atoms with van der Waals surface area (Å²) in [5, 5.41) is 0. The predicted octanol–water partition coefficient (Wildman–Crippen LogP) is 2.22. The van der Waals surface area contributed by atoms with Crippen molar-refractivity contribution in [2.45, 2.75) is 43.9 Å². The van der Waals surface area contributed by atoms with Crippen LogP contribution in [0.25, 0.3) is 0 Å². The van der Waals surface area contributed by atoms with Gasteiger partial charge in [-0.15, -0.1) is 0 Å². The van der Waals surface area contributed by atoms with E-state index >= 15 is 0 Å². The van der Waals surface area contributed by atoms with Gasteiger partial charge in [0.25, 0.3) is 0 Å². The Kier molecular flexibility index (Phi) is 4.67. The fourth-order valence-corrected chi connectivity index (χ4v) is 4.25. The van der Waals surface area contributed by atoms with E-state index in [4.69, 9.17) is 5.84 Å². The third-order valence-electron chi connectivity index (χ3n) is 4.38. The van der Waals surface area contributed by atoms with Gasteiger partial charge in [-0.3, -0.25) is 5.84 Å². The molecule has 1 saturated carbocycles. The molecule has 0 saturated heterocycles. The van der Waals surface area contributed by atoms with Gasteiger partial charge in [0.2, 0.25) is 10.0 Å². The van der Waals surface area contributed by atoms with Gasteiger partial charge in [-0.05, 0) is 36.8 Å². The molecule has 1 aliphatic carbocycles. The SMILES string of the molecule is CCC1(CNS(=O)(=O)c2ccccc2NN)CCCC1. The monoisotopic (exact) mass is 297 g/mol. The van der Waals surface area contributed by atoms with Gasteiger partial charge in [0.1, 0.15) is 4.90 Å². The van der Waals surface area contributed by atoms with Crippen molar-refractivity contribution in [3.8, 4) is 0 Å².